The highest BCUT2D eigenvalue weighted by Crippen LogP contribution is 2.45. The normalized spacial score (nSPS) is 20.8. The zero-order valence-corrected chi connectivity index (χ0v) is 20.7. The van der Waals surface area contributed by atoms with Gasteiger partial charge in [0.2, 0.25) is 17.9 Å². The molecule has 0 aliphatic carbocycles. The average molecular weight is 537 g/mol. The molecule has 0 bridgehead atoms. The van der Waals surface area contributed by atoms with Crippen molar-refractivity contribution in [1.82, 2.24) is 30.5 Å². The Morgan fingerprint density at radius 3 is 2.35 bits per heavy atom. The molecule has 1 aromatic heterocycles. The van der Waals surface area contributed by atoms with Gasteiger partial charge in [-0.3, -0.25) is 20.2 Å². The monoisotopic (exact) mass is 536 g/mol. The van der Waals surface area contributed by atoms with Crippen molar-refractivity contribution >= 4 is 47.1 Å². The predicted molar refractivity (Wildman–Crippen MR) is 137 cm³/mol. The van der Waals surface area contributed by atoms with E-state index in [1.807, 2.05) is 60.7 Å². The van der Waals surface area contributed by atoms with Crippen LogP contribution in [-0.2, 0) is 19.1 Å². The molecule has 5 N–H and O–H groups in total. The zero-order valence-electron chi connectivity index (χ0n) is 19.1. The van der Waals surface area contributed by atoms with Crippen molar-refractivity contribution in [2.75, 3.05) is 11.6 Å². The smallest absolute Gasteiger partial charge is 0.356 e. The van der Waals surface area contributed by atoms with Gasteiger partial charge in [-0.05, 0) is 21.6 Å². The Morgan fingerprint density at radius 2 is 1.81 bits per heavy atom. The van der Waals surface area contributed by atoms with Crippen LogP contribution in [0.25, 0.3) is 0 Å². The molecule has 12 nitrogen and oxygen atoms in total. The van der Waals surface area contributed by atoms with Crippen LogP contribution in [-0.4, -0.2) is 65.2 Å². The lowest BCUT2D eigenvalue weighted by molar-refractivity contribution is -0.160. The summed E-state index contributed by atoms with van der Waals surface area (Å²) in [5.41, 5.74) is 6.13. The molecule has 2 aliphatic rings. The number of esters is 1. The lowest BCUT2D eigenvalue weighted by Crippen LogP contribution is -2.83. The molecule has 3 heterocycles. The number of nitrogens with zero attached hydrogens (tertiary/aromatic N) is 5. The molecule has 2 aliphatic heterocycles. The van der Waals surface area contributed by atoms with Gasteiger partial charge in [-0.2, -0.15) is 0 Å². The molecule has 14 heteroatoms. The molecule has 0 saturated carbocycles. The highest BCUT2D eigenvalue weighted by molar-refractivity contribution is 8.00. The Bertz CT molecular complexity index is 1370. The van der Waals surface area contributed by atoms with Crippen LogP contribution in [0.1, 0.15) is 23.1 Å². The van der Waals surface area contributed by atoms with Crippen LogP contribution in [0.15, 0.2) is 71.9 Å². The van der Waals surface area contributed by atoms with E-state index in [9.17, 15) is 14.4 Å². The van der Waals surface area contributed by atoms with E-state index in [2.05, 4.69) is 20.8 Å². The Kier molecular flexibility index (Phi) is 6.45. The quantitative estimate of drug-likeness (QED) is 0.0673. The number of nitrogens with two attached hydrogens (primary N) is 2. The standard InChI is InChI=1S/C23H20N8O4S2/c24-23(26-12-32)21(34)30-16(15(11-37-22(23)30)18(36)19-27-28-29-31(19)25)20(33)35-17(13-7-3-1-4-8-13)14-9-5-2-6-10-14/h1-10,12,17,22H,11,24-25H2,(H,26,32)/t22-,23-/m0/s1. The average Bonchev–Trinajstić information content (AvgIpc) is 3.36. The third kappa shape index (κ3) is 4.14. The summed E-state index contributed by atoms with van der Waals surface area (Å²) in [6, 6.07) is 18.4. The number of hydrogen-bond donors (Lipinski definition) is 3. The SMILES string of the molecule is Nn1nnnc1C(=S)C1=C(C(=O)OC(c2ccccc2)c2ccccc2)N2C(=O)[C@](N)(NC=O)[C@@H]2SC1. The van der Waals surface area contributed by atoms with Crippen LogP contribution in [0.3, 0.4) is 0 Å². The van der Waals surface area contributed by atoms with Crippen LogP contribution in [0.5, 0.6) is 0 Å². The maximum Gasteiger partial charge on any atom is 0.356 e. The molecule has 5 rings (SSSR count). The van der Waals surface area contributed by atoms with Crippen molar-refractivity contribution in [3.05, 3.63) is 88.9 Å². The summed E-state index contributed by atoms with van der Waals surface area (Å²) in [7, 11) is 0. The number of carbonyl (C=O) groups is 3. The van der Waals surface area contributed by atoms with Gasteiger partial charge in [0.15, 0.2) is 6.10 Å². The minimum Gasteiger partial charge on any atom is -0.448 e. The second-order valence-electron chi connectivity index (χ2n) is 8.18. The van der Waals surface area contributed by atoms with Crippen molar-refractivity contribution < 1.29 is 19.1 Å². The van der Waals surface area contributed by atoms with Crippen molar-refractivity contribution in [3.63, 3.8) is 0 Å². The number of nitrogen functional groups attached to an aromatic ring is 1. The second kappa shape index (κ2) is 9.72. The summed E-state index contributed by atoms with van der Waals surface area (Å²) in [4.78, 5) is 40.3. The van der Waals surface area contributed by atoms with Gasteiger partial charge in [-0.1, -0.05) is 72.9 Å². The highest BCUT2D eigenvalue weighted by atomic mass is 32.2. The first-order valence-corrected chi connectivity index (χ1v) is 12.4. The molecule has 2 atom stereocenters. The lowest BCUT2D eigenvalue weighted by Gasteiger charge is -2.55. The third-order valence-corrected chi connectivity index (χ3v) is 7.78. The van der Waals surface area contributed by atoms with Crippen molar-refractivity contribution in [2.45, 2.75) is 17.1 Å². The number of hydrogen-bond acceptors (Lipinski definition) is 11. The van der Waals surface area contributed by atoms with Gasteiger partial charge in [0.25, 0.3) is 5.91 Å². The number of nitrogens with one attached hydrogen (secondary N) is 1. The van der Waals surface area contributed by atoms with Crippen LogP contribution in [0.4, 0.5) is 0 Å². The first-order chi connectivity index (χ1) is 17.9. The summed E-state index contributed by atoms with van der Waals surface area (Å²) < 4.78 is 6.04. The maximum absolute atomic E-state index is 13.9. The van der Waals surface area contributed by atoms with Crippen molar-refractivity contribution in [3.8, 4) is 0 Å². The van der Waals surface area contributed by atoms with Gasteiger partial charge in [0.05, 0.1) is 4.86 Å². The highest BCUT2D eigenvalue weighted by Gasteiger charge is 2.63. The number of β-lactam (4-membered cyclic amide) rings is 1. The first kappa shape index (κ1) is 24.5. The van der Waals surface area contributed by atoms with Crippen LogP contribution >= 0.6 is 24.0 Å². The predicted octanol–water partition coefficient (Wildman–Crippen LogP) is 0.00790. The molecule has 1 fully saturated rings. The van der Waals surface area contributed by atoms with Crippen LogP contribution in [0, 0.1) is 0 Å². The topological polar surface area (TPSA) is 171 Å². The van der Waals surface area contributed by atoms with E-state index < -0.39 is 29.0 Å². The van der Waals surface area contributed by atoms with Crippen LogP contribution in [0.2, 0.25) is 0 Å². The second-order valence-corrected chi connectivity index (χ2v) is 9.66. The van der Waals surface area contributed by atoms with E-state index in [1.54, 1.807) is 0 Å². The molecule has 0 radical (unpaired) electrons. The maximum atomic E-state index is 13.9. The minimum atomic E-state index is -1.68. The van der Waals surface area contributed by atoms with Gasteiger partial charge in [-0.15, -0.1) is 21.7 Å². The van der Waals surface area contributed by atoms with Gasteiger partial charge in [0, 0.05) is 11.3 Å². The summed E-state index contributed by atoms with van der Waals surface area (Å²) in [6.45, 7) is 0. The Labute approximate surface area is 220 Å². The molecule has 0 unspecified atom stereocenters. The number of fused-ring (bicyclic) bond motifs is 1. The molecule has 188 valence electrons. The van der Waals surface area contributed by atoms with Crippen molar-refractivity contribution in [1.29, 1.82) is 0 Å². The molecule has 37 heavy (non-hydrogen) atoms. The van der Waals surface area contributed by atoms with Gasteiger partial charge in [-0.25, -0.2) is 4.79 Å². The molecule has 2 amide bonds. The molecule has 2 aromatic carbocycles. The number of thioether (sulfide) groups is 1. The lowest BCUT2D eigenvalue weighted by atomic mass is 9.95. The first-order valence-electron chi connectivity index (χ1n) is 10.9. The molecule has 3 aromatic rings. The van der Waals surface area contributed by atoms with Gasteiger partial charge < -0.3 is 15.9 Å². The van der Waals surface area contributed by atoms with Gasteiger partial charge in [0.1, 0.15) is 11.1 Å². The zero-order chi connectivity index (χ0) is 26.2. The molecular weight excluding hydrogens is 516 g/mol. The van der Waals surface area contributed by atoms with Crippen LogP contribution < -0.4 is 16.9 Å². The van der Waals surface area contributed by atoms with Gasteiger partial charge >= 0.3 is 5.97 Å². The Morgan fingerprint density at radius 1 is 1.19 bits per heavy atom. The fourth-order valence-corrected chi connectivity index (χ4v) is 5.98. The molecule has 0 spiro atoms. The van der Waals surface area contributed by atoms with E-state index in [4.69, 9.17) is 28.5 Å². The summed E-state index contributed by atoms with van der Waals surface area (Å²) in [6.07, 6.45) is -0.432. The number of aromatic nitrogens is 4. The number of ether oxygens (including phenoxy) is 1. The fraction of sp³-hybridized carbons (Fsp3) is 0.174. The summed E-state index contributed by atoms with van der Waals surface area (Å²) in [5.74, 6) is 4.49. The van der Waals surface area contributed by atoms with E-state index >= 15 is 0 Å². The summed E-state index contributed by atoms with van der Waals surface area (Å²) in [5, 5.41) is 12.5. The minimum absolute atomic E-state index is 0.0371. The number of benzene rings is 2. The van der Waals surface area contributed by atoms with E-state index in [0.717, 1.165) is 15.9 Å². The largest absolute Gasteiger partial charge is 0.448 e. The Balaban J connectivity index is 1.58. The number of carbonyl (C=O) groups excluding carboxylic acids is 3. The number of thiocarbonyl (C=S) groups is 1. The van der Waals surface area contributed by atoms with E-state index in [0.29, 0.717) is 6.41 Å². The molecule has 1 saturated heterocycles. The number of amides is 2. The van der Waals surface area contributed by atoms with E-state index in [-0.39, 0.29) is 27.7 Å². The number of tetrazole rings is 1. The van der Waals surface area contributed by atoms with E-state index in [1.165, 1.54) is 16.7 Å². The summed E-state index contributed by atoms with van der Waals surface area (Å²) >= 11 is 6.80. The van der Waals surface area contributed by atoms with Crippen molar-refractivity contribution in [2.24, 2.45) is 5.73 Å². The number of rotatable bonds is 8. The molecular formula is C23H20N8O4S2. The third-order valence-electron chi connectivity index (χ3n) is 6.00. The fourth-order valence-electron chi connectivity index (χ4n) is 4.20. The Hall–Kier alpha value is -4.14.